The number of pyridine rings is 1. The Morgan fingerprint density at radius 2 is 1.67 bits per heavy atom. The zero-order valence-electron chi connectivity index (χ0n) is 21.4. The van der Waals surface area contributed by atoms with E-state index in [1.807, 2.05) is 60.9 Å². The van der Waals surface area contributed by atoms with Crippen molar-refractivity contribution in [2.45, 2.75) is 22.9 Å². The zero-order chi connectivity index (χ0) is 27.4. The molecule has 198 valence electrons. The summed E-state index contributed by atoms with van der Waals surface area (Å²) in [7, 11) is -2.19. The number of rotatable bonds is 9. The standard InChI is InChI=1S/C29H26N4O3S3/c1-32(19-21-7-4-3-5-8-21)39(35,36)25-13-10-23(11-14-25)28(34)33(20-22-9-6-16-30-18-22)29-31-26-15-12-24(37-2)17-27(26)38-29/h3-18H,19-20H2,1-2H3. The van der Waals surface area contributed by atoms with Gasteiger partial charge in [0.25, 0.3) is 5.91 Å². The number of nitrogens with zero attached hydrogens (tertiary/aromatic N) is 4. The predicted molar refractivity (Wildman–Crippen MR) is 158 cm³/mol. The summed E-state index contributed by atoms with van der Waals surface area (Å²) >= 11 is 3.10. The lowest BCUT2D eigenvalue weighted by Gasteiger charge is -2.21. The number of thioether (sulfide) groups is 1. The minimum atomic E-state index is -3.74. The van der Waals surface area contributed by atoms with Crippen LogP contribution in [0.25, 0.3) is 10.2 Å². The third-order valence-corrected chi connectivity index (χ3v) is 9.77. The van der Waals surface area contributed by atoms with Gasteiger partial charge in [-0.2, -0.15) is 4.31 Å². The largest absolute Gasteiger partial charge is 0.279 e. The number of thiazole rings is 1. The van der Waals surface area contributed by atoms with Crippen LogP contribution in [0.5, 0.6) is 0 Å². The van der Waals surface area contributed by atoms with E-state index in [0.29, 0.717) is 10.7 Å². The second kappa shape index (κ2) is 11.7. The molecule has 0 aliphatic carbocycles. The number of amides is 1. The van der Waals surface area contributed by atoms with Gasteiger partial charge in [-0.1, -0.05) is 47.7 Å². The molecule has 3 aromatic carbocycles. The number of benzene rings is 3. The molecular weight excluding hydrogens is 549 g/mol. The first kappa shape index (κ1) is 27.0. The fraction of sp³-hybridized carbons (Fsp3) is 0.138. The first-order valence-corrected chi connectivity index (χ1v) is 15.6. The molecule has 0 radical (unpaired) electrons. The normalized spacial score (nSPS) is 11.7. The van der Waals surface area contributed by atoms with Crippen LogP contribution < -0.4 is 4.90 Å². The molecule has 5 rings (SSSR count). The Kier molecular flexibility index (Phi) is 8.08. The van der Waals surface area contributed by atoms with Crippen molar-refractivity contribution in [1.29, 1.82) is 0 Å². The molecule has 0 aliphatic rings. The van der Waals surface area contributed by atoms with Crippen molar-refractivity contribution in [3.63, 3.8) is 0 Å². The van der Waals surface area contributed by atoms with Gasteiger partial charge < -0.3 is 0 Å². The number of anilines is 1. The van der Waals surface area contributed by atoms with Crippen molar-refractivity contribution < 1.29 is 13.2 Å². The van der Waals surface area contributed by atoms with E-state index in [2.05, 4.69) is 11.1 Å². The van der Waals surface area contributed by atoms with Gasteiger partial charge in [0.2, 0.25) is 10.0 Å². The first-order valence-electron chi connectivity index (χ1n) is 12.1. The Bertz CT molecular complexity index is 1690. The lowest BCUT2D eigenvalue weighted by Crippen LogP contribution is -2.30. The molecule has 0 spiro atoms. The molecule has 2 heterocycles. The molecule has 7 nitrogen and oxygen atoms in total. The molecular formula is C29H26N4O3S3. The van der Waals surface area contributed by atoms with Gasteiger partial charge in [-0.15, -0.1) is 11.8 Å². The summed E-state index contributed by atoms with van der Waals surface area (Å²) in [6.45, 7) is 0.528. The molecule has 0 saturated heterocycles. The van der Waals surface area contributed by atoms with Gasteiger partial charge >= 0.3 is 0 Å². The van der Waals surface area contributed by atoms with Gasteiger partial charge in [0.05, 0.1) is 21.7 Å². The molecule has 0 saturated carbocycles. The van der Waals surface area contributed by atoms with E-state index in [-0.39, 0.29) is 23.9 Å². The summed E-state index contributed by atoms with van der Waals surface area (Å²) in [6, 6.07) is 25.3. The van der Waals surface area contributed by atoms with Crippen LogP contribution in [0, 0.1) is 0 Å². The summed E-state index contributed by atoms with van der Waals surface area (Å²) in [6.07, 6.45) is 5.42. The summed E-state index contributed by atoms with van der Waals surface area (Å²) in [5.41, 5.74) is 2.94. The Hall–Kier alpha value is -3.57. The Labute approximate surface area is 236 Å². The van der Waals surface area contributed by atoms with Gasteiger partial charge in [0, 0.05) is 36.4 Å². The lowest BCUT2D eigenvalue weighted by molar-refractivity contribution is 0.0985. The minimum absolute atomic E-state index is 0.126. The molecule has 0 N–H and O–H groups in total. The van der Waals surface area contributed by atoms with E-state index in [1.165, 1.54) is 27.8 Å². The molecule has 10 heteroatoms. The Balaban J connectivity index is 1.43. The summed E-state index contributed by atoms with van der Waals surface area (Å²) in [5.74, 6) is -0.274. The van der Waals surface area contributed by atoms with Gasteiger partial charge in [0.1, 0.15) is 0 Å². The van der Waals surface area contributed by atoms with E-state index in [1.54, 1.807) is 48.2 Å². The highest BCUT2D eigenvalue weighted by Gasteiger charge is 2.25. The highest BCUT2D eigenvalue weighted by molar-refractivity contribution is 7.98. The number of hydrogen-bond donors (Lipinski definition) is 0. The van der Waals surface area contributed by atoms with Crippen molar-refractivity contribution in [3.05, 3.63) is 114 Å². The fourth-order valence-electron chi connectivity index (χ4n) is 4.07. The summed E-state index contributed by atoms with van der Waals surface area (Å²) in [5, 5.41) is 0.566. The van der Waals surface area contributed by atoms with Crippen molar-refractivity contribution in [2.75, 3.05) is 18.2 Å². The SMILES string of the molecule is CSc1ccc2nc(N(Cc3cccnc3)C(=O)c3ccc(S(=O)(=O)N(C)Cc4ccccc4)cc3)sc2c1. The maximum Gasteiger partial charge on any atom is 0.260 e. The van der Waals surface area contributed by atoms with Crippen LogP contribution in [0.15, 0.2) is 107 Å². The van der Waals surface area contributed by atoms with E-state index in [4.69, 9.17) is 4.98 Å². The van der Waals surface area contributed by atoms with Crippen molar-refractivity contribution >= 4 is 54.4 Å². The minimum Gasteiger partial charge on any atom is -0.279 e. The molecule has 2 aromatic heterocycles. The molecule has 5 aromatic rings. The quantitative estimate of drug-likeness (QED) is 0.198. The van der Waals surface area contributed by atoms with Crippen molar-refractivity contribution in [3.8, 4) is 0 Å². The fourth-order valence-corrected chi connectivity index (χ4v) is 6.74. The predicted octanol–water partition coefficient (Wildman–Crippen LogP) is 6.08. The number of fused-ring (bicyclic) bond motifs is 1. The molecule has 0 bridgehead atoms. The Morgan fingerprint density at radius 3 is 2.36 bits per heavy atom. The summed E-state index contributed by atoms with van der Waals surface area (Å²) < 4.78 is 28.7. The average Bonchev–Trinajstić information content (AvgIpc) is 3.39. The molecule has 0 fully saturated rings. The summed E-state index contributed by atoms with van der Waals surface area (Å²) in [4.78, 5) is 25.6. The monoisotopic (exact) mass is 574 g/mol. The molecule has 39 heavy (non-hydrogen) atoms. The lowest BCUT2D eigenvalue weighted by atomic mass is 10.2. The molecule has 0 atom stereocenters. The molecule has 1 amide bonds. The van der Waals surface area contributed by atoms with Crippen LogP contribution >= 0.6 is 23.1 Å². The van der Waals surface area contributed by atoms with E-state index < -0.39 is 10.0 Å². The Morgan fingerprint density at radius 1 is 0.923 bits per heavy atom. The number of hydrogen-bond acceptors (Lipinski definition) is 7. The van der Waals surface area contributed by atoms with Crippen LogP contribution in [0.1, 0.15) is 21.5 Å². The van der Waals surface area contributed by atoms with Crippen molar-refractivity contribution in [2.24, 2.45) is 0 Å². The van der Waals surface area contributed by atoms with E-state index in [0.717, 1.165) is 26.2 Å². The van der Waals surface area contributed by atoms with Gasteiger partial charge in [-0.05, 0) is 65.9 Å². The van der Waals surface area contributed by atoms with E-state index >= 15 is 0 Å². The highest BCUT2D eigenvalue weighted by Crippen LogP contribution is 2.33. The van der Waals surface area contributed by atoms with Crippen LogP contribution in [-0.4, -0.2) is 41.9 Å². The topological polar surface area (TPSA) is 83.5 Å². The molecule has 0 aliphatic heterocycles. The second-order valence-electron chi connectivity index (χ2n) is 8.85. The molecule has 0 unspecified atom stereocenters. The highest BCUT2D eigenvalue weighted by atomic mass is 32.2. The number of aromatic nitrogens is 2. The zero-order valence-corrected chi connectivity index (χ0v) is 23.8. The van der Waals surface area contributed by atoms with Gasteiger partial charge in [-0.3, -0.25) is 14.7 Å². The number of carbonyl (C=O) groups excluding carboxylic acids is 1. The first-order chi connectivity index (χ1) is 18.8. The van der Waals surface area contributed by atoms with Gasteiger partial charge in [0.15, 0.2) is 5.13 Å². The second-order valence-corrected chi connectivity index (χ2v) is 12.8. The number of carbonyl (C=O) groups is 1. The van der Waals surface area contributed by atoms with Crippen LogP contribution in [-0.2, 0) is 23.1 Å². The van der Waals surface area contributed by atoms with Crippen LogP contribution in [0.2, 0.25) is 0 Å². The van der Waals surface area contributed by atoms with Crippen LogP contribution in [0.4, 0.5) is 5.13 Å². The van der Waals surface area contributed by atoms with Crippen molar-refractivity contribution in [1.82, 2.24) is 14.3 Å². The maximum atomic E-state index is 13.8. The third-order valence-electron chi connectivity index (χ3n) is 6.18. The van der Waals surface area contributed by atoms with Gasteiger partial charge in [-0.25, -0.2) is 13.4 Å². The average molecular weight is 575 g/mol. The maximum absolute atomic E-state index is 13.8. The van der Waals surface area contributed by atoms with E-state index in [9.17, 15) is 13.2 Å². The van der Waals surface area contributed by atoms with Crippen LogP contribution in [0.3, 0.4) is 0 Å². The smallest absolute Gasteiger partial charge is 0.260 e. The number of sulfonamides is 1. The third kappa shape index (κ3) is 6.04.